The van der Waals surface area contributed by atoms with Gasteiger partial charge in [-0.25, -0.2) is 4.79 Å². The van der Waals surface area contributed by atoms with E-state index in [2.05, 4.69) is 85.7 Å². The van der Waals surface area contributed by atoms with Gasteiger partial charge in [0.15, 0.2) is 8.32 Å². The quantitative estimate of drug-likeness (QED) is 0.198. The van der Waals surface area contributed by atoms with Crippen molar-refractivity contribution in [2.24, 2.45) is 0 Å². The first-order valence-corrected chi connectivity index (χ1v) is 20.8. The van der Waals surface area contributed by atoms with Crippen molar-refractivity contribution >= 4 is 14.4 Å². The van der Waals surface area contributed by atoms with E-state index in [-0.39, 0.29) is 18.2 Å². The number of benzene rings is 2. The van der Waals surface area contributed by atoms with Gasteiger partial charge in [-0.15, -0.1) is 0 Å². The number of hydrogen-bond donors (Lipinski definition) is 2. The van der Waals surface area contributed by atoms with E-state index < -0.39 is 13.9 Å². The lowest BCUT2D eigenvalue weighted by molar-refractivity contribution is 0.0544. The molecule has 2 aliphatic carbocycles. The zero-order valence-electron chi connectivity index (χ0n) is 27.3. The largest absolute Gasteiger partial charge is 0.445 e. The van der Waals surface area contributed by atoms with Crippen molar-refractivity contribution in [1.82, 2.24) is 10.6 Å². The lowest BCUT2D eigenvalue weighted by Gasteiger charge is -2.45. The second-order valence-electron chi connectivity index (χ2n) is 14.4. The molecule has 1 amide bonds. The normalized spacial score (nSPS) is 22.4. The Hall–Kier alpha value is -2.15. The first-order chi connectivity index (χ1) is 20.8. The third-order valence-electron chi connectivity index (χ3n) is 9.95. The van der Waals surface area contributed by atoms with Gasteiger partial charge in [0, 0.05) is 25.6 Å². The van der Waals surface area contributed by atoms with Crippen LogP contribution in [0.5, 0.6) is 0 Å². The number of ether oxygens (including phenoxy) is 1. The van der Waals surface area contributed by atoms with E-state index in [4.69, 9.17) is 9.16 Å². The van der Waals surface area contributed by atoms with E-state index in [0.29, 0.717) is 31.3 Å². The molecule has 1 saturated heterocycles. The maximum absolute atomic E-state index is 12.6. The maximum Gasteiger partial charge on any atom is 0.407 e. The van der Waals surface area contributed by atoms with Crippen molar-refractivity contribution in [3.8, 4) is 0 Å². The van der Waals surface area contributed by atoms with Crippen molar-refractivity contribution in [1.29, 1.82) is 0 Å². The Balaban J connectivity index is 1.49. The molecule has 5 nitrogen and oxygen atoms in total. The molecule has 43 heavy (non-hydrogen) atoms. The fourth-order valence-electron chi connectivity index (χ4n) is 7.78. The van der Waals surface area contributed by atoms with Gasteiger partial charge in [0.25, 0.3) is 0 Å². The van der Waals surface area contributed by atoms with Crippen LogP contribution in [-0.4, -0.2) is 39.6 Å². The van der Waals surface area contributed by atoms with Gasteiger partial charge < -0.3 is 19.8 Å². The van der Waals surface area contributed by atoms with Crippen LogP contribution in [0.3, 0.4) is 0 Å². The summed E-state index contributed by atoms with van der Waals surface area (Å²) in [5.74, 6) is 1.33. The molecule has 3 fully saturated rings. The molecule has 2 aromatic rings. The highest BCUT2D eigenvalue weighted by atomic mass is 28.4. The second-order valence-corrected chi connectivity index (χ2v) is 18.8. The summed E-state index contributed by atoms with van der Waals surface area (Å²) in [4.78, 5) is 12.6. The Kier molecular flexibility index (Phi) is 11.1. The van der Waals surface area contributed by atoms with Crippen LogP contribution in [0.4, 0.5) is 4.79 Å². The summed E-state index contributed by atoms with van der Waals surface area (Å²) in [5, 5.41) is 6.72. The molecule has 2 atom stereocenters. The van der Waals surface area contributed by atoms with Crippen LogP contribution in [0.1, 0.15) is 124 Å². The molecular formula is C37H56N2O3Si. The van der Waals surface area contributed by atoms with Crippen LogP contribution in [0.2, 0.25) is 19.6 Å². The first kappa shape index (κ1) is 32.2. The number of hydrogen-bond acceptors (Lipinski definition) is 4. The topological polar surface area (TPSA) is 59.6 Å². The molecule has 2 saturated carbocycles. The molecular weight excluding hydrogens is 549 g/mol. The van der Waals surface area contributed by atoms with Gasteiger partial charge in [0.05, 0.1) is 0 Å². The van der Waals surface area contributed by atoms with E-state index in [1.165, 1.54) is 86.5 Å². The molecule has 2 aromatic carbocycles. The van der Waals surface area contributed by atoms with Crippen LogP contribution >= 0.6 is 0 Å². The number of alkyl carbamates (subject to hydrolysis) is 1. The van der Waals surface area contributed by atoms with Crippen molar-refractivity contribution in [2.75, 3.05) is 13.1 Å². The number of carbonyl (C=O) groups is 1. The summed E-state index contributed by atoms with van der Waals surface area (Å²) < 4.78 is 13.3. The highest BCUT2D eigenvalue weighted by Crippen LogP contribution is 2.44. The van der Waals surface area contributed by atoms with Gasteiger partial charge in [-0.3, -0.25) is 0 Å². The Bertz CT molecular complexity index is 1090. The van der Waals surface area contributed by atoms with Gasteiger partial charge in [-0.2, -0.15) is 0 Å². The number of amides is 1. The molecule has 2 N–H and O–H groups in total. The molecule has 6 heteroatoms. The predicted molar refractivity (Wildman–Crippen MR) is 179 cm³/mol. The van der Waals surface area contributed by atoms with Crippen molar-refractivity contribution in [3.05, 3.63) is 70.8 Å². The second kappa shape index (κ2) is 14.8. The van der Waals surface area contributed by atoms with E-state index in [1.807, 2.05) is 0 Å². The van der Waals surface area contributed by atoms with Crippen molar-refractivity contribution in [3.63, 3.8) is 0 Å². The molecule has 236 valence electrons. The van der Waals surface area contributed by atoms with Gasteiger partial charge >= 0.3 is 6.09 Å². The first-order valence-electron chi connectivity index (χ1n) is 17.4. The Morgan fingerprint density at radius 2 is 1.35 bits per heavy atom. The van der Waals surface area contributed by atoms with Gasteiger partial charge in [0.2, 0.25) is 0 Å². The van der Waals surface area contributed by atoms with E-state index in [0.717, 1.165) is 12.8 Å². The van der Waals surface area contributed by atoms with Gasteiger partial charge in [0.1, 0.15) is 11.7 Å². The minimum Gasteiger partial charge on any atom is -0.445 e. The summed E-state index contributed by atoms with van der Waals surface area (Å²) in [6.45, 7) is 10.3. The SMILES string of the molecule is CCCCNC(=O)OC1CNC(C(O[Si](C)(C)C)(c2ccc(C3CCCCC3)cc2)c2ccc(C3CCCCC3)cc2)C1. The molecule has 1 heterocycles. The van der Waals surface area contributed by atoms with Crippen LogP contribution in [0.25, 0.3) is 0 Å². The number of nitrogens with one attached hydrogen (secondary N) is 2. The Morgan fingerprint density at radius 3 is 1.81 bits per heavy atom. The predicted octanol–water partition coefficient (Wildman–Crippen LogP) is 9.13. The summed E-state index contributed by atoms with van der Waals surface area (Å²) in [6, 6.07) is 18.8. The van der Waals surface area contributed by atoms with Crippen LogP contribution in [-0.2, 0) is 14.8 Å². The van der Waals surface area contributed by atoms with Crippen molar-refractivity contribution in [2.45, 2.75) is 140 Å². The van der Waals surface area contributed by atoms with Crippen LogP contribution in [0.15, 0.2) is 48.5 Å². The molecule has 0 aromatic heterocycles. The lowest BCUT2D eigenvalue weighted by Crippen LogP contribution is -2.53. The molecule has 0 radical (unpaired) electrons. The average molecular weight is 605 g/mol. The highest BCUT2D eigenvalue weighted by molar-refractivity contribution is 6.69. The molecule has 2 unspecified atom stereocenters. The molecule has 5 rings (SSSR count). The standard InChI is InChI=1S/C37H56N2O3Si/c1-5-6-25-38-36(40)41-34-26-35(39-27-34)37(42-43(2,3)4,32-21-17-30(18-22-32)28-13-9-7-10-14-28)33-23-19-31(20-24-33)29-15-11-8-12-16-29/h17-24,28-29,34-35,39H,5-16,25-27H2,1-4H3,(H,38,40). The minimum absolute atomic E-state index is 0.0197. The molecule has 3 aliphatic rings. The summed E-state index contributed by atoms with van der Waals surface area (Å²) in [5.41, 5.74) is 4.65. The number of carbonyl (C=O) groups excluding carboxylic acids is 1. The van der Waals surface area contributed by atoms with Crippen LogP contribution < -0.4 is 10.6 Å². The van der Waals surface area contributed by atoms with Gasteiger partial charge in [-0.1, -0.05) is 100 Å². The van der Waals surface area contributed by atoms with E-state index >= 15 is 0 Å². The Morgan fingerprint density at radius 1 is 0.837 bits per heavy atom. The Labute approximate surface area is 262 Å². The molecule has 0 bridgehead atoms. The highest BCUT2D eigenvalue weighted by Gasteiger charge is 2.49. The van der Waals surface area contributed by atoms with Crippen molar-refractivity contribution < 1.29 is 14.0 Å². The lowest BCUT2D eigenvalue weighted by atomic mass is 9.77. The summed E-state index contributed by atoms with van der Waals surface area (Å²) in [7, 11) is -2.05. The molecule has 0 spiro atoms. The zero-order valence-corrected chi connectivity index (χ0v) is 28.3. The maximum atomic E-state index is 12.6. The van der Waals surface area contributed by atoms with E-state index in [1.54, 1.807) is 0 Å². The van der Waals surface area contributed by atoms with E-state index in [9.17, 15) is 4.79 Å². The monoisotopic (exact) mass is 604 g/mol. The minimum atomic E-state index is -2.05. The third-order valence-corrected chi connectivity index (χ3v) is 10.9. The fraction of sp³-hybridized carbons (Fsp3) is 0.649. The van der Waals surface area contributed by atoms with Gasteiger partial charge in [-0.05, 0) is 85.8 Å². The fourth-order valence-corrected chi connectivity index (χ4v) is 9.13. The summed E-state index contributed by atoms with van der Waals surface area (Å²) >= 11 is 0. The smallest absolute Gasteiger partial charge is 0.407 e. The third kappa shape index (κ3) is 8.12. The zero-order chi connectivity index (χ0) is 30.3. The number of unbranched alkanes of at least 4 members (excludes halogenated alkanes) is 1. The van der Waals surface area contributed by atoms with Crippen LogP contribution in [0, 0.1) is 0 Å². The number of rotatable bonds is 11. The average Bonchev–Trinajstić information content (AvgIpc) is 3.49. The molecule has 1 aliphatic heterocycles. The summed E-state index contributed by atoms with van der Waals surface area (Å²) in [6.07, 6.45) is 15.5.